The van der Waals surface area contributed by atoms with Crippen molar-refractivity contribution in [2.45, 2.75) is 45.7 Å². The number of rotatable bonds is 5. The molecule has 0 saturated carbocycles. The van der Waals surface area contributed by atoms with Crippen LogP contribution in [0.2, 0.25) is 0 Å². The Morgan fingerprint density at radius 1 is 1.37 bits per heavy atom. The molecule has 0 aromatic rings. The van der Waals surface area contributed by atoms with Crippen LogP contribution in [0.25, 0.3) is 0 Å². The van der Waals surface area contributed by atoms with Crippen LogP contribution >= 0.6 is 0 Å². The molecule has 0 spiro atoms. The van der Waals surface area contributed by atoms with Crippen molar-refractivity contribution in [3.8, 4) is 0 Å². The highest BCUT2D eigenvalue weighted by Gasteiger charge is 2.47. The average molecular weight is 265 g/mol. The van der Waals surface area contributed by atoms with Crippen molar-refractivity contribution in [1.29, 1.82) is 0 Å². The first kappa shape index (κ1) is 16.4. The first-order valence-electron chi connectivity index (χ1n) is 7.39. The Balaban J connectivity index is 3.48. The Morgan fingerprint density at radius 3 is 2.26 bits per heavy atom. The quantitative estimate of drug-likeness (QED) is 0.713. The fourth-order valence-electron chi connectivity index (χ4n) is 3.97. The van der Waals surface area contributed by atoms with Gasteiger partial charge in [0.15, 0.2) is 0 Å². The summed E-state index contributed by atoms with van der Waals surface area (Å²) < 4.78 is 0. The molecule has 19 heavy (non-hydrogen) atoms. The number of hydrogen-bond acceptors (Lipinski definition) is 3. The van der Waals surface area contributed by atoms with Gasteiger partial charge in [-0.05, 0) is 49.1 Å². The maximum absolute atomic E-state index is 6.05. The molecule has 0 aromatic heterocycles. The molecule has 0 fully saturated rings. The van der Waals surface area contributed by atoms with Gasteiger partial charge in [-0.1, -0.05) is 34.3 Å². The third-order valence-electron chi connectivity index (χ3n) is 4.99. The van der Waals surface area contributed by atoms with Gasteiger partial charge in [0.05, 0.1) is 6.04 Å². The largest absolute Gasteiger partial charge is 0.327 e. The Labute approximate surface area is 118 Å². The van der Waals surface area contributed by atoms with Gasteiger partial charge in [-0.15, -0.1) is 0 Å². The van der Waals surface area contributed by atoms with Crippen LogP contribution in [0.1, 0.15) is 34.1 Å². The standard InChI is InChI=1S/C16H31N3/c1-8-16(19-7)12(5)13(9-17)14(10(2)3)11(4)15(16)18-6/h10,12,15,18-19H,4,8-9,17H2,1-3,5-7H3. The lowest BCUT2D eigenvalue weighted by atomic mass is 9.62. The summed E-state index contributed by atoms with van der Waals surface area (Å²) >= 11 is 0. The summed E-state index contributed by atoms with van der Waals surface area (Å²) in [6.07, 6.45) is 1.05. The molecule has 0 saturated heterocycles. The molecule has 3 atom stereocenters. The van der Waals surface area contributed by atoms with E-state index in [1.54, 1.807) is 0 Å². The lowest BCUT2D eigenvalue weighted by Gasteiger charge is -2.51. The van der Waals surface area contributed by atoms with Gasteiger partial charge in [-0.25, -0.2) is 0 Å². The Bertz CT molecular complexity index is 364. The fraction of sp³-hybridized carbons (Fsp3) is 0.750. The van der Waals surface area contributed by atoms with Crippen LogP contribution in [0.4, 0.5) is 0 Å². The number of hydrogen-bond donors (Lipinski definition) is 3. The van der Waals surface area contributed by atoms with E-state index in [4.69, 9.17) is 5.73 Å². The molecule has 0 aliphatic heterocycles. The van der Waals surface area contributed by atoms with E-state index in [1.807, 2.05) is 14.1 Å². The highest BCUT2D eigenvalue weighted by Crippen LogP contribution is 2.43. The minimum absolute atomic E-state index is 0.00106. The van der Waals surface area contributed by atoms with Crippen molar-refractivity contribution in [3.05, 3.63) is 23.3 Å². The van der Waals surface area contributed by atoms with Crippen molar-refractivity contribution in [2.24, 2.45) is 17.6 Å². The Hall–Kier alpha value is -0.640. The molecule has 0 bridgehead atoms. The fourth-order valence-corrected chi connectivity index (χ4v) is 3.97. The predicted molar refractivity (Wildman–Crippen MR) is 84.2 cm³/mol. The van der Waals surface area contributed by atoms with Crippen LogP contribution < -0.4 is 16.4 Å². The van der Waals surface area contributed by atoms with Gasteiger partial charge in [0.25, 0.3) is 0 Å². The van der Waals surface area contributed by atoms with Gasteiger partial charge in [0.2, 0.25) is 0 Å². The van der Waals surface area contributed by atoms with Gasteiger partial charge in [-0.2, -0.15) is 0 Å². The third kappa shape index (κ3) is 2.39. The summed E-state index contributed by atoms with van der Waals surface area (Å²) in [5.74, 6) is 0.879. The maximum atomic E-state index is 6.05. The summed E-state index contributed by atoms with van der Waals surface area (Å²) in [7, 11) is 4.07. The van der Waals surface area contributed by atoms with Gasteiger partial charge >= 0.3 is 0 Å². The number of nitrogens with one attached hydrogen (secondary N) is 2. The van der Waals surface area contributed by atoms with E-state index >= 15 is 0 Å². The maximum Gasteiger partial charge on any atom is 0.0505 e. The van der Waals surface area contributed by atoms with E-state index in [0.717, 1.165) is 6.42 Å². The molecule has 110 valence electrons. The van der Waals surface area contributed by atoms with Crippen LogP contribution in [0.15, 0.2) is 23.3 Å². The molecule has 0 amide bonds. The predicted octanol–water partition coefficient (Wildman–Crippen LogP) is 2.06. The van der Waals surface area contributed by atoms with E-state index in [2.05, 4.69) is 44.9 Å². The van der Waals surface area contributed by atoms with Crippen LogP contribution in [-0.2, 0) is 0 Å². The van der Waals surface area contributed by atoms with Crippen molar-refractivity contribution < 1.29 is 0 Å². The third-order valence-corrected chi connectivity index (χ3v) is 4.99. The molecule has 0 radical (unpaired) electrons. The second-order valence-electron chi connectivity index (χ2n) is 5.91. The van der Waals surface area contributed by atoms with Crippen molar-refractivity contribution >= 4 is 0 Å². The highest BCUT2D eigenvalue weighted by atomic mass is 15.1. The molecule has 1 aliphatic rings. The Morgan fingerprint density at radius 2 is 1.95 bits per heavy atom. The normalized spacial score (nSPS) is 32.3. The SMILES string of the molecule is C=C1C(C(C)C)=C(CN)C(C)C(CC)(NC)C1NC. The molecule has 3 nitrogen and oxygen atoms in total. The summed E-state index contributed by atoms with van der Waals surface area (Å²) in [5, 5.41) is 7.03. The van der Waals surface area contributed by atoms with Gasteiger partial charge in [0.1, 0.15) is 0 Å². The van der Waals surface area contributed by atoms with Gasteiger partial charge in [0, 0.05) is 12.1 Å². The zero-order valence-corrected chi connectivity index (χ0v) is 13.4. The van der Waals surface area contributed by atoms with Gasteiger partial charge < -0.3 is 16.4 Å². The highest BCUT2D eigenvalue weighted by molar-refractivity contribution is 5.47. The Kier molecular flexibility index (Phi) is 5.36. The number of nitrogens with two attached hydrogens (primary N) is 1. The van der Waals surface area contributed by atoms with E-state index in [1.165, 1.54) is 16.7 Å². The summed E-state index contributed by atoms with van der Waals surface area (Å²) in [6.45, 7) is 14.0. The zero-order valence-electron chi connectivity index (χ0n) is 13.4. The molecule has 1 aliphatic carbocycles. The number of likely N-dealkylation sites (N-methyl/N-ethyl adjacent to an activating group) is 2. The van der Waals surface area contributed by atoms with Gasteiger partial charge in [-0.3, -0.25) is 0 Å². The zero-order chi connectivity index (χ0) is 14.8. The molecule has 0 aromatic carbocycles. The summed E-state index contributed by atoms with van der Waals surface area (Å²) in [6, 6.07) is 0.255. The van der Waals surface area contributed by atoms with E-state index < -0.39 is 0 Å². The molecule has 3 heteroatoms. The smallest absolute Gasteiger partial charge is 0.0505 e. The van der Waals surface area contributed by atoms with E-state index in [9.17, 15) is 0 Å². The lowest BCUT2D eigenvalue weighted by molar-refractivity contribution is 0.192. The lowest BCUT2D eigenvalue weighted by Crippen LogP contribution is -2.65. The molecule has 1 rings (SSSR count). The molecule has 4 N–H and O–H groups in total. The van der Waals surface area contributed by atoms with Crippen LogP contribution in [0, 0.1) is 11.8 Å². The molecule has 3 unspecified atom stereocenters. The minimum atomic E-state index is -0.00106. The first-order chi connectivity index (χ1) is 8.91. The van der Waals surface area contributed by atoms with Crippen LogP contribution in [0.3, 0.4) is 0 Å². The van der Waals surface area contributed by atoms with Crippen molar-refractivity contribution in [3.63, 3.8) is 0 Å². The minimum Gasteiger partial charge on any atom is -0.327 e. The topological polar surface area (TPSA) is 50.1 Å². The van der Waals surface area contributed by atoms with Crippen LogP contribution in [-0.4, -0.2) is 32.2 Å². The molecule has 0 heterocycles. The molecular formula is C16H31N3. The summed E-state index contributed by atoms with van der Waals surface area (Å²) in [5.41, 5.74) is 9.99. The van der Waals surface area contributed by atoms with Crippen molar-refractivity contribution in [1.82, 2.24) is 10.6 Å². The second kappa shape index (κ2) is 6.21. The first-order valence-corrected chi connectivity index (χ1v) is 7.39. The van der Waals surface area contributed by atoms with E-state index in [0.29, 0.717) is 18.4 Å². The summed E-state index contributed by atoms with van der Waals surface area (Å²) in [4.78, 5) is 0. The van der Waals surface area contributed by atoms with Crippen molar-refractivity contribution in [2.75, 3.05) is 20.6 Å². The molecular weight excluding hydrogens is 234 g/mol. The van der Waals surface area contributed by atoms with E-state index in [-0.39, 0.29) is 11.6 Å². The average Bonchev–Trinajstić information content (AvgIpc) is 2.39. The second-order valence-corrected chi connectivity index (χ2v) is 5.91. The van der Waals surface area contributed by atoms with Crippen LogP contribution in [0.5, 0.6) is 0 Å². The monoisotopic (exact) mass is 265 g/mol.